The first kappa shape index (κ1) is 23.5. The molecular weight excluding hydrogens is 468 g/mol. The maximum atomic E-state index is 9.60. The van der Waals surface area contributed by atoms with E-state index in [0.717, 1.165) is 57.8 Å². The molecule has 0 amide bonds. The van der Waals surface area contributed by atoms with Crippen molar-refractivity contribution in [3.8, 4) is 23.7 Å². The van der Waals surface area contributed by atoms with E-state index < -0.39 is 0 Å². The van der Waals surface area contributed by atoms with E-state index in [4.69, 9.17) is 14.7 Å². The van der Waals surface area contributed by atoms with E-state index in [1.54, 1.807) is 11.3 Å². The largest absolute Gasteiger partial charge is 0.378 e. The lowest BCUT2D eigenvalue weighted by Gasteiger charge is -2.26. The Hall–Kier alpha value is -4.24. The van der Waals surface area contributed by atoms with Crippen molar-refractivity contribution in [3.05, 3.63) is 76.7 Å². The van der Waals surface area contributed by atoms with Crippen LogP contribution < -0.4 is 4.90 Å². The van der Waals surface area contributed by atoms with E-state index in [1.807, 2.05) is 72.8 Å². The summed E-state index contributed by atoms with van der Waals surface area (Å²) in [7, 11) is 0. The van der Waals surface area contributed by atoms with Crippen LogP contribution >= 0.6 is 11.3 Å². The number of anilines is 1. The van der Waals surface area contributed by atoms with E-state index in [9.17, 15) is 10.5 Å². The molecule has 2 aromatic carbocycles. The standard InChI is InChI=1S/C28H24N6OS/c1-2-34-24-11-7-6-10-23(24)31-27(34)26-25(36-28(32-26)33-14-16-35-17-15-33)13-12-22(21(18-29)19-30)20-8-4-3-5-9-20/h3-13H,2,14-17H2,1H3/b13-12+. The number of fused-ring (bicyclic) bond motifs is 1. The summed E-state index contributed by atoms with van der Waals surface area (Å²) in [6.45, 7) is 5.76. The van der Waals surface area contributed by atoms with Crippen LogP contribution in [0.4, 0.5) is 5.13 Å². The second-order valence-corrected chi connectivity index (χ2v) is 9.20. The molecule has 0 atom stereocenters. The quantitative estimate of drug-likeness (QED) is 0.260. The molecule has 36 heavy (non-hydrogen) atoms. The average molecular weight is 493 g/mol. The van der Waals surface area contributed by atoms with E-state index in [0.29, 0.717) is 18.8 Å². The first-order valence-electron chi connectivity index (χ1n) is 11.8. The van der Waals surface area contributed by atoms with Gasteiger partial charge in [0.25, 0.3) is 0 Å². The lowest BCUT2D eigenvalue weighted by Crippen LogP contribution is -2.36. The summed E-state index contributed by atoms with van der Waals surface area (Å²) in [5.41, 5.74) is 4.23. The fraction of sp³-hybridized carbons (Fsp3) is 0.214. The van der Waals surface area contributed by atoms with Crippen LogP contribution in [0.1, 0.15) is 17.4 Å². The highest BCUT2D eigenvalue weighted by molar-refractivity contribution is 7.17. The van der Waals surface area contributed by atoms with Gasteiger partial charge in [0.15, 0.2) is 11.0 Å². The Bertz CT molecular complexity index is 1510. The van der Waals surface area contributed by atoms with Gasteiger partial charge >= 0.3 is 0 Å². The van der Waals surface area contributed by atoms with Crippen molar-refractivity contribution >= 4 is 39.2 Å². The van der Waals surface area contributed by atoms with Gasteiger partial charge in [0, 0.05) is 25.2 Å². The predicted molar refractivity (Wildman–Crippen MR) is 143 cm³/mol. The second kappa shape index (κ2) is 10.6. The molecular formula is C28H24N6OS. The number of allylic oxidation sites excluding steroid dienone is 3. The minimum absolute atomic E-state index is 0.0673. The number of imidazole rings is 1. The number of benzene rings is 2. The highest BCUT2D eigenvalue weighted by atomic mass is 32.1. The SMILES string of the molecule is CCn1c(-c2nc(N3CCOCC3)sc2/C=C/C(=C(C#N)C#N)c2ccccc2)nc2ccccc21. The number of morpholine rings is 1. The monoisotopic (exact) mass is 492 g/mol. The Morgan fingerprint density at radius 1 is 1.03 bits per heavy atom. The van der Waals surface area contributed by atoms with E-state index in [1.165, 1.54) is 0 Å². The summed E-state index contributed by atoms with van der Waals surface area (Å²) >= 11 is 1.58. The number of thiazole rings is 1. The molecule has 0 radical (unpaired) electrons. The van der Waals surface area contributed by atoms with Crippen LogP contribution in [0, 0.1) is 22.7 Å². The average Bonchev–Trinajstić information content (AvgIpc) is 3.53. The molecule has 1 saturated heterocycles. The van der Waals surface area contributed by atoms with Gasteiger partial charge in [0.1, 0.15) is 23.4 Å². The third-order valence-electron chi connectivity index (χ3n) is 6.09. The summed E-state index contributed by atoms with van der Waals surface area (Å²) < 4.78 is 7.71. The molecule has 0 saturated carbocycles. The number of ether oxygens (including phenoxy) is 1. The Morgan fingerprint density at radius 3 is 2.47 bits per heavy atom. The van der Waals surface area contributed by atoms with Crippen LogP contribution in [0.5, 0.6) is 0 Å². The number of rotatable bonds is 6. The van der Waals surface area contributed by atoms with Crippen molar-refractivity contribution in [2.24, 2.45) is 0 Å². The lowest BCUT2D eigenvalue weighted by atomic mass is 10.0. The molecule has 1 aliphatic heterocycles. The number of aryl methyl sites for hydroxylation is 1. The molecule has 4 aromatic rings. The third-order valence-corrected chi connectivity index (χ3v) is 7.17. The van der Waals surface area contributed by atoms with Gasteiger partial charge in [0.2, 0.25) is 0 Å². The minimum Gasteiger partial charge on any atom is -0.378 e. The first-order chi connectivity index (χ1) is 17.7. The fourth-order valence-corrected chi connectivity index (χ4v) is 5.32. The van der Waals surface area contributed by atoms with E-state index >= 15 is 0 Å². The Labute approximate surface area is 213 Å². The minimum atomic E-state index is 0.0673. The Kier molecular flexibility index (Phi) is 6.90. The normalized spacial score (nSPS) is 13.6. The summed E-state index contributed by atoms with van der Waals surface area (Å²) in [5.74, 6) is 0.806. The van der Waals surface area contributed by atoms with Gasteiger partial charge in [-0.2, -0.15) is 10.5 Å². The van der Waals surface area contributed by atoms with Crippen LogP contribution in [-0.2, 0) is 11.3 Å². The molecule has 1 aliphatic rings. The number of hydrogen-bond donors (Lipinski definition) is 0. The van der Waals surface area contributed by atoms with Crippen molar-refractivity contribution in [2.45, 2.75) is 13.5 Å². The second-order valence-electron chi connectivity index (χ2n) is 8.19. The fourth-order valence-electron chi connectivity index (χ4n) is 4.31. The smallest absolute Gasteiger partial charge is 0.186 e. The Balaban J connectivity index is 1.66. The summed E-state index contributed by atoms with van der Waals surface area (Å²) in [6, 6.07) is 21.7. The van der Waals surface area contributed by atoms with Crippen molar-refractivity contribution < 1.29 is 4.74 Å². The van der Waals surface area contributed by atoms with Crippen LogP contribution in [0.3, 0.4) is 0 Å². The molecule has 3 heterocycles. The third kappa shape index (κ3) is 4.52. The van der Waals surface area contributed by atoms with Gasteiger partial charge in [0.05, 0.1) is 29.1 Å². The molecule has 5 rings (SSSR count). The molecule has 1 fully saturated rings. The van der Waals surface area contributed by atoms with Gasteiger partial charge in [-0.3, -0.25) is 0 Å². The Morgan fingerprint density at radius 2 is 1.75 bits per heavy atom. The first-order valence-corrected chi connectivity index (χ1v) is 12.6. The van der Waals surface area contributed by atoms with Crippen LogP contribution in [0.25, 0.3) is 34.2 Å². The van der Waals surface area contributed by atoms with E-state index in [2.05, 4.69) is 22.5 Å². The predicted octanol–water partition coefficient (Wildman–Crippen LogP) is 5.53. The molecule has 7 nitrogen and oxygen atoms in total. The summed E-state index contributed by atoms with van der Waals surface area (Å²) in [4.78, 5) is 13.1. The molecule has 8 heteroatoms. The molecule has 178 valence electrons. The number of nitrogens with zero attached hydrogens (tertiary/aromatic N) is 6. The highest BCUT2D eigenvalue weighted by Gasteiger charge is 2.22. The molecule has 2 aromatic heterocycles. The van der Waals surface area contributed by atoms with Gasteiger partial charge < -0.3 is 14.2 Å². The topological polar surface area (TPSA) is 90.8 Å². The van der Waals surface area contributed by atoms with Crippen molar-refractivity contribution in [1.82, 2.24) is 14.5 Å². The van der Waals surface area contributed by atoms with Crippen LogP contribution in [0.15, 0.2) is 66.2 Å². The molecule has 0 N–H and O–H groups in total. The van der Waals surface area contributed by atoms with Crippen molar-refractivity contribution in [3.63, 3.8) is 0 Å². The number of aromatic nitrogens is 3. The lowest BCUT2D eigenvalue weighted by molar-refractivity contribution is 0.122. The number of nitriles is 2. The van der Waals surface area contributed by atoms with Gasteiger partial charge in [-0.05, 0) is 30.7 Å². The van der Waals surface area contributed by atoms with E-state index in [-0.39, 0.29) is 5.57 Å². The molecule has 0 bridgehead atoms. The number of para-hydroxylation sites is 2. The van der Waals surface area contributed by atoms with Crippen molar-refractivity contribution in [2.75, 3.05) is 31.2 Å². The zero-order chi connectivity index (χ0) is 24.9. The maximum absolute atomic E-state index is 9.60. The van der Waals surface area contributed by atoms with Crippen molar-refractivity contribution in [1.29, 1.82) is 10.5 Å². The van der Waals surface area contributed by atoms with Gasteiger partial charge in [-0.25, -0.2) is 9.97 Å². The van der Waals surface area contributed by atoms with Gasteiger partial charge in [-0.1, -0.05) is 59.9 Å². The molecule has 0 spiro atoms. The molecule has 0 unspecified atom stereocenters. The zero-order valence-corrected chi connectivity index (χ0v) is 20.7. The molecule has 0 aliphatic carbocycles. The van der Waals surface area contributed by atoms with Gasteiger partial charge in [-0.15, -0.1) is 0 Å². The number of hydrogen-bond acceptors (Lipinski definition) is 7. The van der Waals surface area contributed by atoms with Crippen LogP contribution in [0.2, 0.25) is 0 Å². The van der Waals surface area contributed by atoms with Crippen LogP contribution in [-0.4, -0.2) is 40.8 Å². The highest BCUT2D eigenvalue weighted by Crippen LogP contribution is 2.36. The summed E-state index contributed by atoms with van der Waals surface area (Å²) in [6.07, 6.45) is 3.80. The zero-order valence-electron chi connectivity index (χ0n) is 19.9. The summed E-state index contributed by atoms with van der Waals surface area (Å²) in [5, 5.41) is 20.1. The maximum Gasteiger partial charge on any atom is 0.186 e.